The number of carbonyl (C=O) groups is 1. The van der Waals surface area contributed by atoms with E-state index in [1.54, 1.807) is 0 Å². The predicted octanol–water partition coefficient (Wildman–Crippen LogP) is 4.05. The highest BCUT2D eigenvalue weighted by Gasteiger charge is 2.31. The van der Waals surface area contributed by atoms with Gasteiger partial charge in [-0.2, -0.15) is 5.10 Å². The van der Waals surface area contributed by atoms with Crippen LogP contribution >= 0.6 is 0 Å². The minimum absolute atomic E-state index is 0.123. The van der Waals surface area contributed by atoms with Crippen LogP contribution in [-0.4, -0.2) is 22.4 Å². The molecule has 24 heavy (non-hydrogen) atoms. The van der Waals surface area contributed by atoms with Crippen LogP contribution in [-0.2, 0) is 22.4 Å². The Kier molecular flexibility index (Phi) is 4.56. The number of benzene rings is 1. The second-order valence-corrected chi connectivity index (χ2v) is 6.51. The first-order valence-corrected chi connectivity index (χ1v) is 8.55. The zero-order valence-corrected chi connectivity index (χ0v) is 14.6. The average Bonchev–Trinajstić information content (AvgIpc) is 2.98. The largest absolute Gasteiger partial charge is 0.464 e. The van der Waals surface area contributed by atoms with Gasteiger partial charge >= 0.3 is 5.97 Å². The second kappa shape index (κ2) is 6.63. The molecular weight excluding hydrogens is 300 g/mol. The molecule has 0 saturated carbocycles. The van der Waals surface area contributed by atoms with E-state index >= 15 is 0 Å². The number of rotatable bonds is 5. The zero-order valence-electron chi connectivity index (χ0n) is 14.6. The molecule has 0 aliphatic heterocycles. The zero-order chi connectivity index (χ0) is 17.3. The lowest BCUT2D eigenvalue weighted by Gasteiger charge is -2.24. The summed E-state index contributed by atoms with van der Waals surface area (Å²) in [6, 6.07) is 6.02. The molecule has 1 unspecified atom stereocenters. The third-order valence-corrected chi connectivity index (χ3v) is 4.61. The molecule has 4 nitrogen and oxygen atoms in total. The molecule has 1 atom stereocenters. The van der Waals surface area contributed by atoms with Crippen molar-refractivity contribution in [2.45, 2.75) is 39.7 Å². The first-order chi connectivity index (χ1) is 11.6. The van der Waals surface area contributed by atoms with Gasteiger partial charge in [-0.3, -0.25) is 4.68 Å². The van der Waals surface area contributed by atoms with E-state index < -0.39 is 0 Å². The van der Waals surface area contributed by atoms with Gasteiger partial charge in [0.15, 0.2) is 6.04 Å². The Morgan fingerprint density at radius 3 is 2.83 bits per heavy atom. The van der Waals surface area contributed by atoms with E-state index in [4.69, 9.17) is 4.74 Å². The first-order valence-electron chi connectivity index (χ1n) is 8.55. The first kappa shape index (κ1) is 16.5. The van der Waals surface area contributed by atoms with Gasteiger partial charge in [-0.05, 0) is 42.4 Å². The van der Waals surface area contributed by atoms with Crippen molar-refractivity contribution in [2.75, 3.05) is 6.61 Å². The normalized spacial score (nSPS) is 14.0. The predicted molar refractivity (Wildman–Crippen MR) is 95.7 cm³/mol. The SMILES string of the molecule is C=Cc1ccc2c(c1)CCc1c-2cnn1C(C(=O)OCC)C(C)C. The lowest BCUT2D eigenvalue weighted by Crippen LogP contribution is -2.29. The van der Waals surface area contributed by atoms with Crippen LogP contribution in [0.3, 0.4) is 0 Å². The smallest absolute Gasteiger partial charge is 0.331 e. The van der Waals surface area contributed by atoms with Crippen molar-refractivity contribution in [3.63, 3.8) is 0 Å². The highest BCUT2D eigenvalue weighted by Crippen LogP contribution is 2.36. The van der Waals surface area contributed by atoms with Crippen molar-refractivity contribution in [1.29, 1.82) is 0 Å². The van der Waals surface area contributed by atoms with Gasteiger partial charge in [0.25, 0.3) is 0 Å². The summed E-state index contributed by atoms with van der Waals surface area (Å²) in [7, 11) is 0. The second-order valence-electron chi connectivity index (χ2n) is 6.51. The van der Waals surface area contributed by atoms with E-state index in [0.29, 0.717) is 6.61 Å². The summed E-state index contributed by atoms with van der Waals surface area (Å²) in [4.78, 5) is 12.4. The fourth-order valence-electron chi connectivity index (χ4n) is 3.45. The van der Waals surface area contributed by atoms with Gasteiger partial charge in [-0.25, -0.2) is 4.79 Å². The molecule has 126 valence electrons. The molecule has 1 aromatic carbocycles. The molecule has 0 saturated heterocycles. The van der Waals surface area contributed by atoms with Crippen molar-refractivity contribution >= 4 is 12.0 Å². The van der Waals surface area contributed by atoms with E-state index in [1.165, 1.54) is 11.1 Å². The molecule has 1 heterocycles. The number of aromatic nitrogens is 2. The van der Waals surface area contributed by atoms with Crippen molar-refractivity contribution in [3.05, 3.63) is 47.8 Å². The summed E-state index contributed by atoms with van der Waals surface area (Å²) in [5.74, 6) is -0.0798. The van der Waals surface area contributed by atoms with Crippen molar-refractivity contribution < 1.29 is 9.53 Å². The van der Waals surface area contributed by atoms with Gasteiger partial charge in [-0.1, -0.05) is 44.7 Å². The van der Waals surface area contributed by atoms with Crippen LogP contribution in [0.2, 0.25) is 0 Å². The Hall–Kier alpha value is -2.36. The van der Waals surface area contributed by atoms with Gasteiger partial charge < -0.3 is 4.74 Å². The minimum Gasteiger partial charge on any atom is -0.464 e. The highest BCUT2D eigenvalue weighted by atomic mass is 16.5. The van der Waals surface area contributed by atoms with E-state index in [9.17, 15) is 4.79 Å². The molecule has 0 fully saturated rings. The number of hydrogen-bond acceptors (Lipinski definition) is 3. The Morgan fingerprint density at radius 1 is 1.38 bits per heavy atom. The number of fused-ring (bicyclic) bond motifs is 3. The van der Waals surface area contributed by atoms with Crippen LogP contribution in [0, 0.1) is 5.92 Å². The minimum atomic E-state index is -0.373. The van der Waals surface area contributed by atoms with Gasteiger partial charge in [0.05, 0.1) is 12.8 Å². The topological polar surface area (TPSA) is 44.1 Å². The molecule has 1 aliphatic rings. The molecule has 3 rings (SSSR count). The third-order valence-electron chi connectivity index (χ3n) is 4.61. The molecule has 2 aromatic rings. The Balaban J connectivity index is 2.04. The lowest BCUT2D eigenvalue weighted by atomic mass is 9.88. The number of carbonyl (C=O) groups excluding carboxylic acids is 1. The fraction of sp³-hybridized carbons (Fsp3) is 0.400. The average molecular weight is 324 g/mol. The monoisotopic (exact) mass is 324 g/mol. The molecule has 0 radical (unpaired) electrons. The number of aryl methyl sites for hydroxylation is 1. The van der Waals surface area contributed by atoms with Crippen LogP contribution in [0.15, 0.2) is 31.0 Å². The molecular formula is C20H24N2O2. The maximum atomic E-state index is 12.4. The maximum Gasteiger partial charge on any atom is 0.331 e. The fourth-order valence-corrected chi connectivity index (χ4v) is 3.45. The molecule has 1 aliphatic carbocycles. The van der Waals surface area contributed by atoms with Crippen LogP contribution < -0.4 is 0 Å². The van der Waals surface area contributed by atoms with E-state index in [0.717, 1.165) is 29.7 Å². The third kappa shape index (κ3) is 2.77. The summed E-state index contributed by atoms with van der Waals surface area (Å²) >= 11 is 0. The van der Waals surface area contributed by atoms with E-state index in [1.807, 2.05) is 37.7 Å². The molecule has 0 N–H and O–H groups in total. The van der Waals surface area contributed by atoms with Gasteiger partial charge in [0.1, 0.15) is 0 Å². The van der Waals surface area contributed by atoms with Crippen molar-refractivity contribution in [2.24, 2.45) is 5.92 Å². The summed E-state index contributed by atoms with van der Waals surface area (Å²) in [5.41, 5.74) is 5.91. The van der Waals surface area contributed by atoms with Crippen LogP contribution in [0.1, 0.15) is 43.6 Å². The number of hydrogen-bond donors (Lipinski definition) is 0. The molecule has 0 amide bonds. The van der Waals surface area contributed by atoms with Gasteiger partial charge in [0.2, 0.25) is 0 Å². The standard InChI is InChI=1S/C20H24N2O2/c1-5-14-7-9-16-15(11-14)8-10-18-17(16)12-21-22(18)19(13(3)4)20(23)24-6-2/h5,7,9,11-13,19H,1,6,8,10H2,2-4H3. The molecule has 0 bridgehead atoms. The van der Waals surface area contributed by atoms with Crippen LogP contribution in [0.25, 0.3) is 17.2 Å². The number of nitrogens with zero attached hydrogens (tertiary/aromatic N) is 2. The molecule has 4 heteroatoms. The summed E-state index contributed by atoms with van der Waals surface area (Å²) in [5, 5.41) is 4.56. The van der Waals surface area contributed by atoms with Crippen molar-refractivity contribution in [3.8, 4) is 11.1 Å². The summed E-state index contributed by atoms with van der Waals surface area (Å²) in [6.45, 7) is 10.1. The quantitative estimate of drug-likeness (QED) is 0.779. The van der Waals surface area contributed by atoms with E-state index in [-0.39, 0.29) is 17.9 Å². The number of esters is 1. The van der Waals surface area contributed by atoms with Gasteiger partial charge in [-0.15, -0.1) is 0 Å². The van der Waals surface area contributed by atoms with Crippen LogP contribution in [0.4, 0.5) is 0 Å². The maximum absolute atomic E-state index is 12.4. The molecule has 0 spiro atoms. The molecule has 1 aromatic heterocycles. The highest BCUT2D eigenvalue weighted by molar-refractivity contribution is 5.77. The Bertz CT molecular complexity index is 774. The summed E-state index contributed by atoms with van der Waals surface area (Å²) in [6.07, 6.45) is 5.58. The Morgan fingerprint density at radius 2 is 2.17 bits per heavy atom. The van der Waals surface area contributed by atoms with Gasteiger partial charge in [0, 0.05) is 11.3 Å². The summed E-state index contributed by atoms with van der Waals surface area (Å²) < 4.78 is 7.15. The van der Waals surface area contributed by atoms with E-state index in [2.05, 4.69) is 29.9 Å². The Labute approximate surface area is 143 Å². The number of ether oxygens (including phenoxy) is 1. The van der Waals surface area contributed by atoms with Crippen LogP contribution in [0.5, 0.6) is 0 Å². The van der Waals surface area contributed by atoms with Crippen molar-refractivity contribution in [1.82, 2.24) is 9.78 Å². The lowest BCUT2D eigenvalue weighted by molar-refractivity contribution is -0.149.